The van der Waals surface area contributed by atoms with Crippen LogP contribution in [-0.4, -0.2) is 70.4 Å². The minimum Gasteiger partial charge on any atom is -0.205 e. The summed E-state index contributed by atoms with van der Waals surface area (Å²) >= 11 is 0. The standard InChI is InChI=1S/C6HF14NO4S2.Li/c7-1(8,3(11,12)13)5(17,18)26(22,23)21-27(24,25)6(19,20)2(9,10)4(14,15)16;/h21H;. The van der Waals surface area contributed by atoms with Crippen LogP contribution in [0, 0.1) is 0 Å². The molecule has 165 valence electrons. The fourth-order valence-corrected chi connectivity index (χ4v) is 3.82. The Morgan fingerprint density at radius 3 is 0.786 bits per heavy atom. The fourth-order valence-electron chi connectivity index (χ4n) is 0.917. The molecule has 0 amide bonds. The molecule has 28 heavy (non-hydrogen) atoms. The molecule has 0 heterocycles. The Morgan fingerprint density at radius 2 is 0.643 bits per heavy atom. The third kappa shape index (κ3) is 4.32. The van der Waals surface area contributed by atoms with Crippen molar-refractivity contribution in [3.8, 4) is 0 Å². The van der Waals surface area contributed by atoms with Gasteiger partial charge in [0.1, 0.15) is 0 Å². The quantitative estimate of drug-likeness (QED) is 0.461. The predicted octanol–water partition coefficient (Wildman–Crippen LogP) is 2.44. The first kappa shape index (κ1) is 29.7. The molecule has 1 N–H and O–H groups in total. The molecule has 0 spiro atoms. The van der Waals surface area contributed by atoms with Gasteiger partial charge >= 0.3 is 34.7 Å². The number of hydrogen-bond donors (Lipinski definition) is 1. The first-order chi connectivity index (χ1) is 11.2. The summed E-state index contributed by atoms with van der Waals surface area (Å²) in [5.74, 6) is -15.4. The monoisotopic (exact) mass is 488 g/mol. The summed E-state index contributed by atoms with van der Waals surface area (Å²) < 4.78 is 214. The van der Waals surface area contributed by atoms with Crippen molar-refractivity contribution in [3.05, 3.63) is 0 Å². The number of rotatable bonds is 6. The molecule has 0 aromatic heterocycles. The van der Waals surface area contributed by atoms with E-state index in [9.17, 15) is 78.3 Å². The molecular weight excluding hydrogens is 487 g/mol. The van der Waals surface area contributed by atoms with E-state index in [1.165, 1.54) is 0 Å². The molecule has 0 unspecified atom stereocenters. The van der Waals surface area contributed by atoms with Gasteiger partial charge in [-0.1, -0.05) is 4.13 Å². The number of nitrogens with one attached hydrogen (secondary N) is 1. The van der Waals surface area contributed by atoms with Gasteiger partial charge in [0.15, 0.2) is 0 Å². The largest absolute Gasteiger partial charge is 0.461 e. The number of sulfonamides is 2. The molecule has 0 saturated heterocycles. The van der Waals surface area contributed by atoms with E-state index >= 15 is 0 Å². The second kappa shape index (κ2) is 7.31. The fraction of sp³-hybridized carbons (Fsp3) is 1.00. The van der Waals surface area contributed by atoms with E-state index in [0.29, 0.717) is 0 Å². The first-order valence-electron chi connectivity index (χ1n) is 5.13. The maximum atomic E-state index is 12.9. The van der Waals surface area contributed by atoms with Crippen molar-refractivity contribution in [1.29, 1.82) is 0 Å². The van der Waals surface area contributed by atoms with Crippen molar-refractivity contribution in [2.24, 2.45) is 0 Å². The zero-order valence-corrected chi connectivity index (χ0v) is 13.9. The molecule has 0 aliphatic rings. The van der Waals surface area contributed by atoms with Gasteiger partial charge in [-0.25, -0.2) is 16.8 Å². The van der Waals surface area contributed by atoms with E-state index in [2.05, 4.69) is 0 Å². The predicted molar refractivity (Wildman–Crippen MR) is 58.6 cm³/mol. The van der Waals surface area contributed by atoms with Crippen LogP contribution in [0.15, 0.2) is 0 Å². The molecule has 0 atom stereocenters. The first-order valence-corrected chi connectivity index (χ1v) is 8.10. The summed E-state index contributed by atoms with van der Waals surface area (Å²) in [6, 6.07) is 0. The summed E-state index contributed by atoms with van der Waals surface area (Å²) in [6.07, 6.45) is -14.9. The molecular formula is C6HF14LiNO4S2. The van der Waals surface area contributed by atoms with Gasteiger partial charge in [-0.15, -0.1) is 0 Å². The van der Waals surface area contributed by atoms with Gasteiger partial charge in [-0.05, 0) is 0 Å². The Hall–Kier alpha value is -0.523. The minimum absolute atomic E-state index is 0. The summed E-state index contributed by atoms with van der Waals surface area (Å²) in [7, 11) is -16.3. The third-order valence-electron chi connectivity index (χ3n) is 2.34. The number of hydrogen-bond acceptors (Lipinski definition) is 4. The average molecular weight is 488 g/mol. The molecule has 0 aliphatic heterocycles. The van der Waals surface area contributed by atoms with Crippen LogP contribution in [0.25, 0.3) is 0 Å². The Labute approximate surface area is 156 Å². The van der Waals surface area contributed by atoms with E-state index in [4.69, 9.17) is 0 Å². The Kier molecular flexibility index (Phi) is 7.75. The van der Waals surface area contributed by atoms with E-state index in [-0.39, 0.29) is 18.9 Å². The van der Waals surface area contributed by atoms with Crippen LogP contribution < -0.4 is 4.13 Å². The van der Waals surface area contributed by atoms with Crippen LogP contribution in [0.2, 0.25) is 0 Å². The Morgan fingerprint density at radius 1 is 0.464 bits per heavy atom. The van der Waals surface area contributed by atoms with Crippen LogP contribution in [0.4, 0.5) is 61.5 Å². The van der Waals surface area contributed by atoms with Crippen molar-refractivity contribution in [3.63, 3.8) is 0 Å². The van der Waals surface area contributed by atoms with Gasteiger partial charge in [0.05, 0.1) is 0 Å². The van der Waals surface area contributed by atoms with E-state index in [0.717, 1.165) is 0 Å². The van der Waals surface area contributed by atoms with Crippen molar-refractivity contribution >= 4 is 38.9 Å². The smallest absolute Gasteiger partial charge is 0.205 e. The summed E-state index contributed by atoms with van der Waals surface area (Å²) in [5.41, 5.74) is 0. The molecule has 0 bridgehead atoms. The van der Waals surface area contributed by atoms with Crippen LogP contribution in [0.1, 0.15) is 0 Å². The van der Waals surface area contributed by atoms with Gasteiger partial charge in [0.25, 0.3) is 20.0 Å². The maximum Gasteiger partial charge on any atom is 0.461 e. The van der Waals surface area contributed by atoms with Crippen molar-refractivity contribution in [1.82, 2.24) is 4.13 Å². The average Bonchev–Trinajstić information content (AvgIpc) is 2.33. The normalized spacial score (nSPS) is 15.9. The SMILES string of the molecule is O=S(=O)(NS(=O)(=O)C(F)(F)C(F)(F)C(F)(F)F)C(F)(F)C(F)(F)C(F)(F)F.[Li]. The van der Waals surface area contributed by atoms with Crippen LogP contribution >= 0.6 is 0 Å². The molecule has 1 radical (unpaired) electrons. The molecule has 0 rings (SSSR count). The van der Waals surface area contributed by atoms with Gasteiger partial charge in [-0.2, -0.15) is 61.5 Å². The van der Waals surface area contributed by atoms with Gasteiger partial charge < -0.3 is 0 Å². The molecule has 0 aromatic carbocycles. The summed E-state index contributed by atoms with van der Waals surface area (Å²) in [4.78, 5) is 0. The maximum absolute atomic E-state index is 12.9. The Balaban J connectivity index is 0. The molecule has 5 nitrogen and oxygen atoms in total. The Bertz CT molecular complexity index is 716. The molecule has 0 fully saturated rings. The van der Waals surface area contributed by atoms with Crippen LogP contribution in [0.3, 0.4) is 0 Å². The topological polar surface area (TPSA) is 80.3 Å². The molecule has 0 saturated carbocycles. The minimum atomic E-state index is -8.17. The summed E-state index contributed by atoms with van der Waals surface area (Å²) in [6.45, 7) is 0. The van der Waals surface area contributed by atoms with Gasteiger partial charge in [-0.3, -0.25) is 0 Å². The number of alkyl halides is 14. The zero-order valence-electron chi connectivity index (χ0n) is 12.2. The van der Waals surface area contributed by atoms with Crippen molar-refractivity contribution in [2.75, 3.05) is 0 Å². The third-order valence-corrected chi connectivity index (χ3v) is 5.96. The van der Waals surface area contributed by atoms with Crippen molar-refractivity contribution in [2.45, 2.75) is 34.7 Å². The van der Waals surface area contributed by atoms with E-state index in [1.807, 2.05) is 0 Å². The second-order valence-corrected chi connectivity index (χ2v) is 7.97. The van der Waals surface area contributed by atoms with Crippen LogP contribution in [0.5, 0.6) is 0 Å². The van der Waals surface area contributed by atoms with Gasteiger partial charge in [0.2, 0.25) is 0 Å². The summed E-state index contributed by atoms with van der Waals surface area (Å²) in [5, 5.41) is -15.3. The molecule has 0 aliphatic carbocycles. The van der Waals surface area contributed by atoms with E-state index in [1.54, 1.807) is 0 Å². The van der Waals surface area contributed by atoms with Gasteiger partial charge in [0, 0.05) is 18.9 Å². The zero-order chi connectivity index (χ0) is 22.7. The second-order valence-electron chi connectivity index (χ2n) is 4.27. The van der Waals surface area contributed by atoms with Crippen LogP contribution in [-0.2, 0) is 20.0 Å². The number of halogens is 14. The molecule has 22 heteroatoms. The van der Waals surface area contributed by atoms with Crippen molar-refractivity contribution < 1.29 is 78.3 Å². The molecule has 0 aromatic rings. The van der Waals surface area contributed by atoms with E-state index < -0.39 is 58.9 Å².